The number of nitrogens with zero attached hydrogens (tertiary/aromatic N) is 1. The van der Waals surface area contributed by atoms with Crippen LogP contribution in [-0.2, 0) is 16.0 Å². The molecule has 0 heterocycles. The molecule has 0 N–H and O–H groups in total. The Kier molecular flexibility index (Phi) is 4.29. The summed E-state index contributed by atoms with van der Waals surface area (Å²) in [6.45, 7) is 3.94. The van der Waals surface area contributed by atoms with E-state index in [0.29, 0.717) is 11.3 Å². The van der Waals surface area contributed by atoms with E-state index >= 15 is 0 Å². The van der Waals surface area contributed by atoms with E-state index in [1.54, 1.807) is 0 Å². The Morgan fingerprint density at radius 3 is 2.60 bits per heavy atom. The molecule has 1 aliphatic rings. The highest BCUT2D eigenvalue weighted by atomic mass is 32.1. The summed E-state index contributed by atoms with van der Waals surface area (Å²) in [4.78, 5) is 2.78. The average Bonchev–Trinajstić information content (AvgIpc) is 2.16. The van der Waals surface area contributed by atoms with E-state index in [0.717, 1.165) is 10.6 Å². The molecule has 1 aliphatic carbocycles. The van der Waals surface area contributed by atoms with Gasteiger partial charge in [0, 0.05) is 0 Å². The molecule has 1 rings (SSSR count). The molecule has 0 bridgehead atoms. The summed E-state index contributed by atoms with van der Waals surface area (Å²) in [6, 6.07) is 0.0759. The van der Waals surface area contributed by atoms with Crippen molar-refractivity contribution in [3.05, 3.63) is 24.0 Å². The molecular weight excluding hydrogens is 210 g/mol. The Labute approximate surface area is 94.5 Å². The molecule has 0 spiro atoms. The number of hydrogen-bond acceptors (Lipinski definition) is 3. The quantitative estimate of drug-likeness (QED) is 0.678. The van der Waals surface area contributed by atoms with Gasteiger partial charge in [-0.3, -0.25) is 4.90 Å². The SMILES string of the molecule is CC(C)OC1=CC(=S=O)C(N(C)C)C=C1. The maximum Gasteiger partial charge on any atom is 0.120 e. The second-order valence-electron chi connectivity index (χ2n) is 3.97. The first kappa shape index (κ1) is 12.2. The van der Waals surface area contributed by atoms with Crippen LogP contribution in [0.25, 0.3) is 0 Å². The van der Waals surface area contributed by atoms with Gasteiger partial charge in [0.2, 0.25) is 0 Å². The van der Waals surface area contributed by atoms with E-state index in [2.05, 4.69) is 0 Å². The zero-order valence-corrected chi connectivity index (χ0v) is 10.4. The first-order chi connectivity index (χ1) is 7.04. The van der Waals surface area contributed by atoms with Gasteiger partial charge in [0.05, 0.1) is 28.3 Å². The van der Waals surface area contributed by atoms with Gasteiger partial charge in [0.15, 0.2) is 0 Å². The van der Waals surface area contributed by atoms with Crippen molar-refractivity contribution < 1.29 is 8.95 Å². The van der Waals surface area contributed by atoms with Crippen LogP contribution in [0.5, 0.6) is 0 Å². The van der Waals surface area contributed by atoms with Crippen LogP contribution in [0.4, 0.5) is 0 Å². The fraction of sp³-hybridized carbons (Fsp3) is 0.545. The van der Waals surface area contributed by atoms with Crippen LogP contribution in [0.15, 0.2) is 24.0 Å². The van der Waals surface area contributed by atoms with E-state index in [1.807, 2.05) is 51.1 Å². The lowest BCUT2D eigenvalue weighted by Gasteiger charge is -2.24. The highest BCUT2D eigenvalue weighted by Crippen LogP contribution is 2.13. The van der Waals surface area contributed by atoms with Gasteiger partial charge in [-0.05, 0) is 40.1 Å². The van der Waals surface area contributed by atoms with Gasteiger partial charge < -0.3 is 4.74 Å². The minimum Gasteiger partial charge on any atom is -0.491 e. The van der Waals surface area contributed by atoms with Crippen LogP contribution in [0.2, 0.25) is 0 Å². The Morgan fingerprint density at radius 1 is 1.47 bits per heavy atom. The minimum atomic E-state index is 0.0759. The molecule has 0 aromatic carbocycles. The van der Waals surface area contributed by atoms with E-state index in [-0.39, 0.29) is 12.1 Å². The Hall–Kier alpha value is -0.870. The third-order valence-corrected chi connectivity index (χ3v) is 2.59. The van der Waals surface area contributed by atoms with Crippen molar-refractivity contribution >= 4 is 16.1 Å². The van der Waals surface area contributed by atoms with Gasteiger partial charge >= 0.3 is 0 Å². The van der Waals surface area contributed by atoms with Crippen molar-refractivity contribution in [2.45, 2.75) is 26.0 Å². The molecule has 0 saturated heterocycles. The average molecular weight is 227 g/mol. The summed E-state index contributed by atoms with van der Waals surface area (Å²) >= 11 is 0.530. The topological polar surface area (TPSA) is 29.5 Å². The normalized spacial score (nSPS) is 20.8. The zero-order valence-electron chi connectivity index (χ0n) is 9.56. The third-order valence-electron chi connectivity index (χ3n) is 2.04. The first-order valence-electron chi connectivity index (χ1n) is 4.94. The van der Waals surface area contributed by atoms with Gasteiger partial charge in [-0.15, -0.1) is 0 Å². The molecule has 0 amide bonds. The highest BCUT2D eigenvalue weighted by Gasteiger charge is 2.18. The van der Waals surface area contributed by atoms with Crippen LogP contribution in [0.1, 0.15) is 13.8 Å². The van der Waals surface area contributed by atoms with Gasteiger partial charge in [-0.2, -0.15) is 0 Å². The van der Waals surface area contributed by atoms with Crippen LogP contribution in [-0.4, -0.2) is 40.2 Å². The summed E-state index contributed by atoms with van der Waals surface area (Å²) in [5.41, 5.74) is 0. The highest BCUT2D eigenvalue weighted by molar-refractivity contribution is 7.67. The maximum absolute atomic E-state index is 11.0. The molecule has 4 heteroatoms. The van der Waals surface area contributed by atoms with E-state index in [1.165, 1.54) is 0 Å². The van der Waals surface area contributed by atoms with E-state index in [9.17, 15) is 4.21 Å². The molecule has 0 aromatic rings. The number of rotatable bonds is 3. The van der Waals surface area contributed by atoms with Crippen molar-refractivity contribution in [2.75, 3.05) is 14.1 Å². The van der Waals surface area contributed by atoms with Crippen molar-refractivity contribution in [1.82, 2.24) is 4.90 Å². The lowest BCUT2D eigenvalue weighted by molar-refractivity contribution is 0.157. The van der Waals surface area contributed by atoms with Gasteiger partial charge in [0.1, 0.15) is 5.76 Å². The Bertz CT molecular complexity index is 338. The summed E-state index contributed by atoms with van der Waals surface area (Å²) in [5.74, 6) is 0.765. The van der Waals surface area contributed by atoms with Gasteiger partial charge in [-0.1, -0.05) is 6.08 Å². The summed E-state index contributed by atoms with van der Waals surface area (Å²) < 4.78 is 16.5. The smallest absolute Gasteiger partial charge is 0.120 e. The summed E-state index contributed by atoms with van der Waals surface area (Å²) in [7, 11) is 3.90. The second kappa shape index (κ2) is 5.28. The maximum atomic E-state index is 11.0. The number of allylic oxidation sites excluding steroid dienone is 1. The lowest BCUT2D eigenvalue weighted by atomic mass is 10.1. The molecule has 1 atom stereocenters. The molecule has 15 heavy (non-hydrogen) atoms. The van der Waals surface area contributed by atoms with Gasteiger partial charge in [-0.25, -0.2) is 4.21 Å². The van der Waals surface area contributed by atoms with Crippen molar-refractivity contribution in [2.24, 2.45) is 0 Å². The fourth-order valence-electron chi connectivity index (χ4n) is 1.40. The standard InChI is InChI=1S/C11H17NO2S/c1-8(2)14-9-5-6-10(12(3)4)11(7-9)15-13/h5-8,10H,1-4H3. The zero-order chi connectivity index (χ0) is 11.4. The van der Waals surface area contributed by atoms with E-state index < -0.39 is 0 Å². The van der Waals surface area contributed by atoms with Crippen LogP contribution < -0.4 is 0 Å². The number of hydrogen-bond donors (Lipinski definition) is 0. The predicted octanol–water partition coefficient (Wildman–Crippen LogP) is 1.18. The van der Waals surface area contributed by atoms with Crippen LogP contribution in [0, 0.1) is 0 Å². The predicted molar refractivity (Wildman–Crippen MR) is 64.1 cm³/mol. The van der Waals surface area contributed by atoms with Gasteiger partial charge in [0.25, 0.3) is 0 Å². The van der Waals surface area contributed by atoms with Crippen LogP contribution >= 0.6 is 0 Å². The van der Waals surface area contributed by atoms with Crippen molar-refractivity contribution in [3.63, 3.8) is 0 Å². The molecule has 1 unspecified atom stereocenters. The van der Waals surface area contributed by atoms with E-state index in [4.69, 9.17) is 4.74 Å². The molecule has 0 radical (unpaired) electrons. The molecular formula is C11H17NO2S. The minimum absolute atomic E-state index is 0.0759. The Balaban J connectivity index is 2.85. The van der Waals surface area contributed by atoms with Crippen LogP contribution in [0.3, 0.4) is 0 Å². The molecule has 84 valence electrons. The van der Waals surface area contributed by atoms with Crippen molar-refractivity contribution in [1.29, 1.82) is 0 Å². The molecule has 0 aromatic heterocycles. The number of likely N-dealkylation sites (N-methyl/N-ethyl adjacent to an activating group) is 1. The summed E-state index contributed by atoms with van der Waals surface area (Å²) in [6.07, 6.45) is 5.86. The molecule has 0 aliphatic heterocycles. The third kappa shape index (κ3) is 3.32. The largest absolute Gasteiger partial charge is 0.491 e. The fourth-order valence-corrected chi connectivity index (χ4v) is 1.95. The molecule has 0 fully saturated rings. The monoisotopic (exact) mass is 227 g/mol. The summed E-state index contributed by atoms with van der Waals surface area (Å²) in [5, 5.41) is 0. The Morgan fingerprint density at radius 2 is 2.13 bits per heavy atom. The molecule has 3 nitrogen and oxygen atoms in total. The number of ether oxygens (including phenoxy) is 1. The lowest BCUT2D eigenvalue weighted by Crippen LogP contribution is -2.34. The second-order valence-corrected chi connectivity index (χ2v) is 4.60. The first-order valence-corrected chi connectivity index (χ1v) is 5.68. The molecule has 0 saturated carbocycles. The van der Waals surface area contributed by atoms with Crippen molar-refractivity contribution in [3.8, 4) is 0 Å².